The number of rotatable bonds is 0. The maximum atomic E-state index is 10.6. The van der Waals surface area contributed by atoms with Crippen LogP contribution in [0.15, 0.2) is 60.9 Å². The van der Waals surface area contributed by atoms with Crippen LogP contribution in [0.3, 0.4) is 0 Å². The SMILES string of the molecule is OC1c2ccc3cccnc3c2-c2c(ccc3cccnc23)C1O. The van der Waals surface area contributed by atoms with Crippen LogP contribution in [-0.2, 0) is 0 Å². The van der Waals surface area contributed by atoms with E-state index in [0.29, 0.717) is 11.1 Å². The third-order valence-corrected chi connectivity index (χ3v) is 4.80. The Morgan fingerprint density at radius 2 is 1.08 bits per heavy atom. The van der Waals surface area contributed by atoms with E-state index in [1.807, 2.05) is 48.5 Å². The molecule has 2 aromatic heterocycles. The van der Waals surface area contributed by atoms with Crippen LogP contribution in [0.4, 0.5) is 0 Å². The number of benzene rings is 2. The maximum Gasteiger partial charge on any atom is 0.110 e. The molecule has 2 atom stereocenters. The number of aromatic nitrogens is 2. The molecule has 4 aromatic rings. The smallest absolute Gasteiger partial charge is 0.110 e. The van der Waals surface area contributed by atoms with Gasteiger partial charge in [-0.05, 0) is 23.3 Å². The molecule has 0 saturated heterocycles. The van der Waals surface area contributed by atoms with Crippen LogP contribution in [-0.4, -0.2) is 20.2 Å². The van der Waals surface area contributed by atoms with E-state index in [1.54, 1.807) is 12.4 Å². The van der Waals surface area contributed by atoms with Crippen molar-refractivity contribution in [2.24, 2.45) is 0 Å². The molecule has 24 heavy (non-hydrogen) atoms. The topological polar surface area (TPSA) is 66.2 Å². The molecule has 0 aliphatic heterocycles. The highest BCUT2D eigenvalue weighted by atomic mass is 16.3. The zero-order valence-electron chi connectivity index (χ0n) is 12.7. The lowest BCUT2D eigenvalue weighted by Gasteiger charge is -2.30. The third kappa shape index (κ3) is 1.69. The van der Waals surface area contributed by atoms with Gasteiger partial charge >= 0.3 is 0 Å². The molecule has 0 radical (unpaired) electrons. The quantitative estimate of drug-likeness (QED) is 0.521. The molecule has 116 valence electrons. The van der Waals surface area contributed by atoms with E-state index in [9.17, 15) is 10.2 Å². The maximum absolute atomic E-state index is 10.6. The molecule has 2 N–H and O–H groups in total. The molecule has 4 nitrogen and oxygen atoms in total. The van der Waals surface area contributed by atoms with E-state index in [2.05, 4.69) is 9.97 Å². The van der Waals surface area contributed by atoms with Gasteiger partial charge in [-0.15, -0.1) is 0 Å². The molecular formula is C20H14N2O2. The zero-order valence-corrected chi connectivity index (χ0v) is 12.7. The van der Waals surface area contributed by atoms with Crippen molar-refractivity contribution in [1.82, 2.24) is 9.97 Å². The molecule has 4 heteroatoms. The Labute approximate surface area is 138 Å². The van der Waals surface area contributed by atoms with E-state index in [-0.39, 0.29) is 0 Å². The monoisotopic (exact) mass is 314 g/mol. The molecule has 0 fully saturated rings. The van der Waals surface area contributed by atoms with Gasteiger partial charge in [-0.3, -0.25) is 9.97 Å². The van der Waals surface area contributed by atoms with E-state index in [4.69, 9.17) is 0 Å². The number of hydrogen-bond donors (Lipinski definition) is 2. The van der Waals surface area contributed by atoms with Crippen LogP contribution in [0.25, 0.3) is 32.9 Å². The largest absolute Gasteiger partial charge is 0.385 e. The average Bonchev–Trinajstić information content (AvgIpc) is 2.64. The lowest BCUT2D eigenvalue weighted by molar-refractivity contribution is 0.0160. The Morgan fingerprint density at radius 1 is 0.625 bits per heavy atom. The van der Waals surface area contributed by atoms with Crippen LogP contribution < -0.4 is 0 Å². The Morgan fingerprint density at radius 3 is 1.54 bits per heavy atom. The molecule has 2 unspecified atom stereocenters. The fraction of sp³-hybridized carbons (Fsp3) is 0.100. The lowest BCUT2D eigenvalue weighted by atomic mass is 9.79. The van der Waals surface area contributed by atoms with Gasteiger partial charge in [0.05, 0.1) is 11.0 Å². The van der Waals surface area contributed by atoms with Crippen LogP contribution in [0.1, 0.15) is 23.3 Å². The van der Waals surface area contributed by atoms with Crippen LogP contribution in [0.2, 0.25) is 0 Å². The van der Waals surface area contributed by atoms with Gasteiger partial charge in [0.15, 0.2) is 0 Å². The molecule has 0 amide bonds. The van der Waals surface area contributed by atoms with Crippen molar-refractivity contribution in [3.8, 4) is 11.1 Å². The zero-order chi connectivity index (χ0) is 16.3. The second kappa shape index (κ2) is 4.84. The van der Waals surface area contributed by atoms with Gasteiger partial charge in [0.2, 0.25) is 0 Å². The van der Waals surface area contributed by atoms with E-state index in [1.165, 1.54) is 0 Å². The highest BCUT2D eigenvalue weighted by Crippen LogP contribution is 2.48. The summed E-state index contributed by atoms with van der Waals surface area (Å²) in [5, 5.41) is 23.2. The van der Waals surface area contributed by atoms with Gasteiger partial charge in [-0.2, -0.15) is 0 Å². The van der Waals surface area contributed by atoms with Crippen LogP contribution in [0.5, 0.6) is 0 Å². The van der Waals surface area contributed by atoms with Crippen molar-refractivity contribution in [2.75, 3.05) is 0 Å². The second-order valence-corrected chi connectivity index (χ2v) is 6.10. The van der Waals surface area contributed by atoms with Gasteiger partial charge < -0.3 is 10.2 Å². The fourth-order valence-corrected chi connectivity index (χ4v) is 3.68. The van der Waals surface area contributed by atoms with Crippen molar-refractivity contribution in [1.29, 1.82) is 0 Å². The van der Waals surface area contributed by atoms with Crippen molar-refractivity contribution in [2.45, 2.75) is 12.2 Å². The summed E-state index contributed by atoms with van der Waals surface area (Å²) in [5.74, 6) is 0. The number of pyridine rings is 2. The van der Waals surface area contributed by atoms with Crippen LogP contribution in [0, 0.1) is 0 Å². The molecule has 0 spiro atoms. The van der Waals surface area contributed by atoms with E-state index in [0.717, 1.165) is 32.9 Å². The number of hydrogen-bond acceptors (Lipinski definition) is 4. The molecule has 0 bridgehead atoms. The first kappa shape index (κ1) is 13.6. The predicted molar refractivity (Wildman–Crippen MR) is 92.4 cm³/mol. The standard InChI is InChI=1S/C20H14N2O2/c23-19-13-7-5-11-3-1-9-21-17(11)15(13)16-14(20(19)24)8-6-12-4-2-10-22-18(12)16/h1-10,19-20,23-24H. The summed E-state index contributed by atoms with van der Waals surface area (Å²) in [6.45, 7) is 0. The first-order valence-corrected chi connectivity index (χ1v) is 7.87. The average molecular weight is 314 g/mol. The normalized spacial score (nSPS) is 19.2. The van der Waals surface area contributed by atoms with Crippen molar-refractivity contribution >= 4 is 21.8 Å². The lowest BCUT2D eigenvalue weighted by Crippen LogP contribution is -2.18. The summed E-state index contributed by atoms with van der Waals surface area (Å²) >= 11 is 0. The second-order valence-electron chi connectivity index (χ2n) is 6.10. The number of aliphatic hydroxyl groups is 2. The number of fused-ring (bicyclic) bond motifs is 7. The third-order valence-electron chi connectivity index (χ3n) is 4.80. The van der Waals surface area contributed by atoms with Crippen molar-refractivity contribution < 1.29 is 10.2 Å². The minimum atomic E-state index is -0.972. The highest BCUT2D eigenvalue weighted by molar-refractivity contribution is 6.05. The number of aliphatic hydroxyl groups excluding tert-OH is 2. The molecule has 1 aliphatic carbocycles. The Kier molecular flexibility index (Phi) is 2.74. The number of nitrogens with zero attached hydrogens (tertiary/aromatic N) is 2. The minimum absolute atomic E-state index is 0.694. The Balaban J connectivity index is 2.02. The summed E-state index contributed by atoms with van der Waals surface area (Å²) in [4.78, 5) is 9.08. The van der Waals surface area contributed by atoms with E-state index >= 15 is 0 Å². The predicted octanol–water partition coefficient (Wildman–Crippen LogP) is 3.53. The van der Waals surface area contributed by atoms with Crippen molar-refractivity contribution in [3.05, 3.63) is 72.1 Å². The molecule has 5 rings (SSSR count). The summed E-state index contributed by atoms with van der Waals surface area (Å²) in [6, 6.07) is 15.4. The molecular weight excluding hydrogens is 300 g/mol. The highest BCUT2D eigenvalue weighted by Gasteiger charge is 2.34. The van der Waals surface area contributed by atoms with Gasteiger partial charge in [-0.25, -0.2) is 0 Å². The van der Waals surface area contributed by atoms with Gasteiger partial charge in [0.1, 0.15) is 12.2 Å². The molecule has 2 aromatic carbocycles. The summed E-state index contributed by atoms with van der Waals surface area (Å²) < 4.78 is 0. The Hall–Kier alpha value is -2.82. The van der Waals surface area contributed by atoms with Gasteiger partial charge in [0.25, 0.3) is 0 Å². The molecule has 0 saturated carbocycles. The first-order chi connectivity index (χ1) is 11.8. The molecule has 1 aliphatic rings. The van der Waals surface area contributed by atoms with Crippen LogP contribution >= 0.6 is 0 Å². The van der Waals surface area contributed by atoms with Gasteiger partial charge in [-0.1, -0.05) is 36.4 Å². The first-order valence-electron chi connectivity index (χ1n) is 7.87. The summed E-state index contributed by atoms with van der Waals surface area (Å²) in [5.41, 5.74) is 4.76. The van der Waals surface area contributed by atoms with E-state index < -0.39 is 12.2 Å². The minimum Gasteiger partial charge on any atom is -0.385 e. The summed E-state index contributed by atoms with van der Waals surface area (Å²) in [6.07, 6.45) is 1.55. The molecule has 2 heterocycles. The Bertz CT molecular complexity index is 1020. The summed E-state index contributed by atoms with van der Waals surface area (Å²) in [7, 11) is 0. The fourth-order valence-electron chi connectivity index (χ4n) is 3.68. The van der Waals surface area contributed by atoms with Gasteiger partial charge in [0, 0.05) is 34.3 Å². The van der Waals surface area contributed by atoms with Crippen molar-refractivity contribution in [3.63, 3.8) is 0 Å².